The van der Waals surface area contributed by atoms with Gasteiger partial charge in [-0.1, -0.05) is 61.9 Å². The van der Waals surface area contributed by atoms with Crippen LogP contribution in [0.25, 0.3) is 11.1 Å². The van der Waals surface area contributed by atoms with Crippen LogP contribution >= 0.6 is 11.8 Å². The molecule has 0 aliphatic heterocycles. The molecule has 1 aliphatic rings. The Bertz CT molecular complexity index is 967. The highest BCUT2D eigenvalue weighted by molar-refractivity contribution is 7.98. The summed E-state index contributed by atoms with van der Waals surface area (Å²) in [6.07, 6.45) is 3.00. The van der Waals surface area contributed by atoms with E-state index < -0.39 is 30.1 Å². The van der Waals surface area contributed by atoms with E-state index in [9.17, 15) is 19.5 Å². The fraction of sp³-hybridized carbons (Fsp3) is 0.423. The van der Waals surface area contributed by atoms with Crippen LogP contribution in [0.1, 0.15) is 49.7 Å². The van der Waals surface area contributed by atoms with Gasteiger partial charge in [0.05, 0.1) is 0 Å². The standard InChI is InChI=1S/C26H32N2O5S/c1-3-8-17(15-24(29)28-23(25(30)31)13-14-34-2)27-26(32)33-16-22-20-11-6-4-9-18(20)19-10-5-7-12-21(19)22/h4-7,9-12,17,22-23H,3,8,13-16H2,1-2H3,(H,27,32)(H,28,29)(H,30,31)/t17-,23?/m1/s1. The van der Waals surface area contributed by atoms with Crippen molar-refractivity contribution in [2.24, 2.45) is 0 Å². The van der Waals surface area contributed by atoms with Crippen molar-refractivity contribution in [3.05, 3.63) is 59.7 Å². The molecule has 0 bridgehead atoms. The zero-order valence-corrected chi connectivity index (χ0v) is 20.4. The first-order chi connectivity index (χ1) is 16.4. The Balaban J connectivity index is 1.57. The van der Waals surface area contributed by atoms with Gasteiger partial charge in [0.25, 0.3) is 0 Å². The van der Waals surface area contributed by atoms with E-state index in [4.69, 9.17) is 4.74 Å². The monoisotopic (exact) mass is 484 g/mol. The average molecular weight is 485 g/mol. The Morgan fingerprint density at radius 2 is 1.62 bits per heavy atom. The summed E-state index contributed by atoms with van der Waals surface area (Å²) in [6, 6.07) is 14.9. The van der Waals surface area contributed by atoms with Crippen molar-refractivity contribution in [3.63, 3.8) is 0 Å². The number of carbonyl (C=O) groups excluding carboxylic acids is 2. The van der Waals surface area contributed by atoms with E-state index in [1.54, 1.807) is 0 Å². The minimum absolute atomic E-state index is 0.00107. The lowest BCUT2D eigenvalue weighted by Gasteiger charge is -2.20. The summed E-state index contributed by atoms with van der Waals surface area (Å²) in [5.74, 6) is -0.864. The third kappa shape index (κ3) is 6.53. The highest BCUT2D eigenvalue weighted by Gasteiger charge is 2.29. The van der Waals surface area contributed by atoms with Gasteiger partial charge in [-0.3, -0.25) is 4.79 Å². The number of carboxylic acid groups (broad SMARTS) is 1. The van der Waals surface area contributed by atoms with E-state index in [1.165, 1.54) is 11.8 Å². The van der Waals surface area contributed by atoms with Crippen molar-refractivity contribution < 1.29 is 24.2 Å². The number of amides is 2. The molecule has 0 heterocycles. The fourth-order valence-corrected chi connectivity index (χ4v) is 4.82. The molecule has 2 atom stereocenters. The number of ether oxygens (including phenoxy) is 1. The van der Waals surface area contributed by atoms with E-state index in [1.807, 2.05) is 37.4 Å². The predicted molar refractivity (Wildman–Crippen MR) is 134 cm³/mol. The van der Waals surface area contributed by atoms with E-state index in [0.717, 1.165) is 28.7 Å². The summed E-state index contributed by atoms with van der Waals surface area (Å²) in [6.45, 7) is 2.16. The normalized spacial score (nSPS) is 13.9. The molecule has 2 aromatic rings. The lowest BCUT2D eigenvalue weighted by atomic mass is 9.98. The van der Waals surface area contributed by atoms with Crippen LogP contribution in [0.2, 0.25) is 0 Å². The maximum atomic E-state index is 12.6. The van der Waals surface area contributed by atoms with Gasteiger partial charge in [-0.15, -0.1) is 0 Å². The first-order valence-corrected chi connectivity index (χ1v) is 13.0. The molecule has 0 saturated heterocycles. The summed E-state index contributed by atoms with van der Waals surface area (Å²) in [7, 11) is 0. The second-order valence-corrected chi connectivity index (χ2v) is 9.39. The predicted octanol–water partition coefficient (Wildman–Crippen LogP) is 4.41. The van der Waals surface area contributed by atoms with Crippen molar-refractivity contribution in [2.45, 2.75) is 50.6 Å². The van der Waals surface area contributed by atoms with Crippen molar-refractivity contribution in [1.82, 2.24) is 10.6 Å². The summed E-state index contributed by atoms with van der Waals surface area (Å²) in [5.41, 5.74) is 4.57. The van der Waals surface area contributed by atoms with E-state index in [2.05, 4.69) is 34.9 Å². The molecular weight excluding hydrogens is 452 g/mol. The van der Waals surface area contributed by atoms with Gasteiger partial charge < -0.3 is 20.5 Å². The molecule has 0 aromatic heterocycles. The molecule has 3 rings (SSSR count). The Labute approximate surface area is 204 Å². The number of carboxylic acids is 1. The average Bonchev–Trinajstić information content (AvgIpc) is 3.14. The number of nitrogens with one attached hydrogen (secondary N) is 2. The third-order valence-electron chi connectivity index (χ3n) is 5.98. The van der Waals surface area contributed by atoms with Crippen LogP contribution in [0.3, 0.4) is 0 Å². The molecule has 2 aromatic carbocycles. The number of rotatable bonds is 12. The van der Waals surface area contributed by atoms with Crippen molar-refractivity contribution in [2.75, 3.05) is 18.6 Å². The topological polar surface area (TPSA) is 105 Å². The van der Waals surface area contributed by atoms with Crippen LogP contribution in [0.4, 0.5) is 4.79 Å². The van der Waals surface area contributed by atoms with Crippen LogP contribution < -0.4 is 10.6 Å². The summed E-state index contributed by atoms with van der Waals surface area (Å²) < 4.78 is 5.59. The van der Waals surface area contributed by atoms with Crippen LogP contribution in [0, 0.1) is 0 Å². The zero-order valence-electron chi connectivity index (χ0n) is 19.6. The van der Waals surface area contributed by atoms with Gasteiger partial charge in [0.2, 0.25) is 5.91 Å². The molecule has 0 saturated carbocycles. The number of fused-ring (bicyclic) bond motifs is 3. The summed E-state index contributed by atoms with van der Waals surface area (Å²) >= 11 is 1.52. The highest BCUT2D eigenvalue weighted by atomic mass is 32.2. The first kappa shape index (κ1) is 25.6. The number of benzene rings is 2. The quantitative estimate of drug-likeness (QED) is 0.412. The largest absolute Gasteiger partial charge is 0.480 e. The maximum absolute atomic E-state index is 12.6. The number of aliphatic carboxylic acids is 1. The van der Waals surface area contributed by atoms with Gasteiger partial charge in [0.1, 0.15) is 12.6 Å². The maximum Gasteiger partial charge on any atom is 0.407 e. The van der Waals surface area contributed by atoms with Crippen molar-refractivity contribution in [3.8, 4) is 11.1 Å². The number of thioether (sulfide) groups is 1. The molecule has 7 nitrogen and oxygen atoms in total. The smallest absolute Gasteiger partial charge is 0.407 e. The number of alkyl carbamates (subject to hydrolysis) is 1. The Morgan fingerprint density at radius 3 is 2.18 bits per heavy atom. The molecular formula is C26H32N2O5S. The van der Waals surface area contributed by atoms with E-state index in [-0.39, 0.29) is 18.9 Å². The van der Waals surface area contributed by atoms with Crippen LogP contribution in [0.15, 0.2) is 48.5 Å². The molecule has 34 heavy (non-hydrogen) atoms. The minimum Gasteiger partial charge on any atom is -0.480 e. The fourth-order valence-electron chi connectivity index (χ4n) is 4.35. The first-order valence-electron chi connectivity index (χ1n) is 11.6. The van der Waals surface area contributed by atoms with Gasteiger partial charge in [0, 0.05) is 18.4 Å². The van der Waals surface area contributed by atoms with Crippen molar-refractivity contribution >= 4 is 29.7 Å². The molecule has 182 valence electrons. The molecule has 1 aliphatic carbocycles. The Morgan fingerprint density at radius 1 is 1.00 bits per heavy atom. The summed E-state index contributed by atoms with van der Waals surface area (Å²) in [4.78, 5) is 36.5. The molecule has 1 unspecified atom stereocenters. The summed E-state index contributed by atoms with van der Waals surface area (Å²) in [5, 5.41) is 14.7. The van der Waals surface area contributed by atoms with E-state index in [0.29, 0.717) is 18.6 Å². The van der Waals surface area contributed by atoms with Crippen LogP contribution in [-0.2, 0) is 14.3 Å². The second-order valence-electron chi connectivity index (χ2n) is 8.40. The Kier molecular flexibility index (Phi) is 9.39. The molecule has 0 radical (unpaired) electrons. The molecule has 0 spiro atoms. The lowest BCUT2D eigenvalue weighted by molar-refractivity contribution is -0.141. The van der Waals surface area contributed by atoms with Gasteiger partial charge in [-0.05, 0) is 47.1 Å². The van der Waals surface area contributed by atoms with Gasteiger partial charge in [-0.25, -0.2) is 9.59 Å². The molecule has 3 N–H and O–H groups in total. The molecule has 2 amide bonds. The zero-order chi connectivity index (χ0) is 24.5. The SMILES string of the molecule is CCC[C@H](CC(=O)NC(CCSC)C(=O)O)NC(=O)OCC1c2ccccc2-c2ccccc21. The van der Waals surface area contributed by atoms with Crippen LogP contribution in [0.5, 0.6) is 0 Å². The Hall–Kier alpha value is -3.00. The second kappa shape index (κ2) is 12.5. The number of hydrogen-bond acceptors (Lipinski definition) is 5. The van der Waals surface area contributed by atoms with Crippen molar-refractivity contribution in [1.29, 1.82) is 0 Å². The number of carbonyl (C=O) groups is 3. The molecule has 0 fully saturated rings. The minimum atomic E-state index is -1.06. The third-order valence-corrected chi connectivity index (χ3v) is 6.62. The van der Waals surface area contributed by atoms with Gasteiger partial charge >= 0.3 is 12.1 Å². The van der Waals surface area contributed by atoms with Gasteiger partial charge in [0.15, 0.2) is 0 Å². The van der Waals surface area contributed by atoms with E-state index >= 15 is 0 Å². The number of hydrogen-bond donors (Lipinski definition) is 3. The molecule has 8 heteroatoms. The lowest BCUT2D eigenvalue weighted by Crippen LogP contribution is -2.45. The highest BCUT2D eigenvalue weighted by Crippen LogP contribution is 2.44. The van der Waals surface area contributed by atoms with Gasteiger partial charge in [-0.2, -0.15) is 11.8 Å². The van der Waals surface area contributed by atoms with Crippen LogP contribution in [-0.4, -0.2) is 53.8 Å².